The summed E-state index contributed by atoms with van der Waals surface area (Å²) in [5.74, 6) is 0.632. The molecular weight excluding hydrogens is 316 g/mol. The monoisotopic (exact) mass is 338 g/mol. The molecule has 2 rings (SSSR count). The molecular formula is C15H23ClN6O. The first-order valence-electron chi connectivity index (χ1n) is 7.43. The average molecular weight is 339 g/mol. The molecule has 0 fully saturated rings. The first-order valence-corrected chi connectivity index (χ1v) is 7.43. The molecule has 1 heterocycles. The molecule has 0 bridgehead atoms. The molecule has 3 N–H and O–H groups in total. The Hall–Kier alpha value is -1.99. The van der Waals surface area contributed by atoms with Crippen LogP contribution >= 0.6 is 12.4 Å². The Morgan fingerprint density at radius 2 is 2.04 bits per heavy atom. The highest BCUT2D eigenvalue weighted by atomic mass is 35.5. The third kappa shape index (κ3) is 3.86. The Morgan fingerprint density at radius 1 is 1.35 bits per heavy atom. The Bertz CT molecular complexity index is 645. The second-order valence-corrected chi connectivity index (χ2v) is 5.33. The summed E-state index contributed by atoms with van der Waals surface area (Å²) < 4.78 is 1.62. The smallest absolute Gasteiger partial charge is 0.231 e. The fourth-order valence-electron chi connectivity index (χ4n) is 2.40. The van der Waals surface area contributed by atoms with E-state index in [4.69, 9.17) is 5.73 Å². The lowest BCUT2D eigenvalue weighted by Crippen LogP contribution is -2.41. The van der Waals surface area contributed by atoms with E-state index in [0.29, 0.717) is 30.9 Å². The second kappa shape index (κ2) is 8.03. The van der Waals surface area contributed by atoms with Gasteiger partial charge < -0.3 is 11.1 Å². The van der Waals surface area contributed by atoms with E-state index in [1.54, 1.807) is 4.68 Å². The van der Waals surface area contributed by atoms with Crippen LogP contribution in [-0.4, -0.2) is 32.7 Å². The van der Waals surface area contributed by atoms with Crippen LogP contribution in [0.4, 0.5) is 5.69 Å². The number of hydrogen-bond acceptors (Lipinski definition) is 5. The van der Waals surface area contributed by atoms with Crippen LogP contribution < -0.4 is 11.1 Å². The number of nitrogens with zero attached hydrogens (tertiary/aromatic N) is 4. The quantitative estimate of drug-likeness (QED) is 0.840. The summed E-state index contributed by atoms with van der Waals surface area (Å²) in [6, 6.07) is 7.42. The number of halogens is 1. The zero-order valence-electron chi connectivity index (χ0n) is 13.6. The van der Waals surface area contributed by atoms with E-state index in [9.17, 15) is 4.79 Å². The number of carbonyl (C=O) groups excluding carboxylic acids is 1. The van der Waals surface area contributed by atoms with Gasteiger partial charge in [-0.05, 0) is 48.4 Å². The summed E-state index contributed by atoms with van der Waals surface area (Å²) in [4.78, 5) is 12.6. The molecule has 0 saturated heterocycles. The number of aryl methyl sites for hydroxylation is 1. The maximum atomic E-state index is 12.6. The van der Waals surface area contributed by atoms with Crippen molar-refractivity contribution in [3.63, 3.8) is 0 Å². The molecule has 0 aliphatic rings. The first kappa shape index (κ1) is 19.1. The first-order chi connectivity index (χ1) is 10.6. The minimum atomic E-state index is -0.527. The number of nitrogens with two attached hydrogens (primary N) is 1. The van der Waals surface area contributed by atoms with Gasteiger partial charge in [-0.2, -0.15) is 4.68 Å². The summed E-state index contributed by atoms with van der Waals surface area (Å²) >= 11 is 0. The van der Waals surface area contributed by atoms with Crippen LogP contribution in [0.1, 0.15) is 32.5 Å². The molecule has 0 unspecified atom stereocenters. The minimum Gasteiger partial charge on any atom is -0.329 e. The van der Waals surface area contributed by atoms with Gasteiger partial charge in [-0.1, -0.05) is 19.9 Å². The zero-order valence-corrected chi connectivity index (χ0v) is 14.4. The van der Waals surface area contributed by atoms with Crippen molar-refractivity contribution in [2.24, 2.45) is 11.1 Å². The largest absolute Gasteiger partial charge is 0.329 e. The lowest BCUT2D eigenvalue weighted by Gasteiger charge is -2.28. The van der Waals surface area contributed by atoms with E-state index in [2.05, 4.69) is 20.8 Å². The van der Waals surface area contributed by atoms with Crippen LogP contribution in [-0.2, 0) is 4.79 Å². The number of tetrazole rings is 1. The molecule has 2 aromatic rings. The summed E-state index contributed by atoms with van der Waals surface area (Å²) in [7, 11) is 0. The Kier molecular flexibility index (Phi) is 6.65. The van der Waals surface area contributed by atoms with Crippen LogP contribution in [0.5, 0.6) is 0 Å². The molecule has 126 valence electrons. The van der Waals surface area contributed by atoms with Gasteiger partial charge in [0.15, 0.2) is 5.82 Å². The van der Waals surface area contributed by atoms with E-state index in [-0.39, 0.29) is 18.3 Å². The molecule has 1 amide bonds. The number of aromatic nitrogens is 4. The number of nitrogens with one attached hydrogen (secondary N) is 1. The maximum Gasteiger partial charge on any atom is 0.231 e. The number of carbonyl (C=O) groups is 1. The molecule has 23 heavy (non-hydrogen) atoms. The Balaban J connectivity index is 0.00000264. The molecule has 1 aromatic heterocycles. The van der Waals surface area contributed by atoms with Gasteiger partial charge in [0.25, 0.3) is 0 Å². The van der Waals surface area contributed by atoms with E-state index in [0.717, 1.165) is 5.69 Å². The van der Waals surface area contributed by atoms with Gasteiger partial charge >= 0.3 is 0 Å². The van der Waals surface area contributed by atoms with Crippen LogP contribution in [0.25, 0.3) is 5.69 Å². The zero-order chi connectivity index (χ0) is 16.2. The lowest BCUT2D eigenvalue weighted by molar-refractivity contribution is -0.125. The summed E-state index contributed by atoms with van der Waals surface area (Å²) in [6.45, 7) is 6.12. The molecule has 0 aliphatic heterocycles. The number of amides is 1. The highest BCUT2D eigenvalue weighted by Gasteiger charge is 2.33. The van der Waals surface area contributed by atoms with Crippen molar-refractivity contribution in [3.8, 4) is 5.69 Å². The topological polar surface area (TPSA) is 98.7 Å². The SMILES string of the molecule is CCC(CC)(CN)C(=O)Nc1cccc(-n2nnnc2C)c1.Cl. The molecule has 0 atom stereocenters. The number of hydrogen-bond donors (Lipinski definition) is 2. The van der Waals surface area contributed by atoms with Gasteiger partial charge in [-0.15, -0.1) is 17.5 Å². The summed E-state index contributed by atoms with van der Waals surface area (Å²) in [5, 5.41) is 14.4. The highest BCUT2D eigenvalue weighted by Crippen LogP contribution is 2.27. The average Bonchev–Trinajstić information content (AvgIpc) is 2.96. The van der Waals surface area contributed by atoms with E-state index >= 15 is 0 Å². The predicted molar refractivity (Wildman–Crippen MR) is 91.8 cm³/mol. The fourth-order valence-corrected chi connectivity index (χ4v) is 2.40. The molecule has 0 saturated carbocycles. The van der Waals surface area contributed by atoms with Crippen molar-refractivity contribution < 1.29 is 4.79 Å². The second-order valence-electron chi connectivity index (χ2n) is 5.33. The molecule has 1 aromatic carbocycles. The van der Waals surface area contributed by atoms with Crippen LogP contribution in [0, 0.1) is 12.3 Å². The van der Waals surface area contributed by atoms with Crippen molar-refractivity contribution in [1.29, 1.82) is 0 Å². The summed E-state index contributed by atoms with van der Waals surface area (Å²) in [6.07, 6.45) is 1.41. The standard InChI is InChI=1S/C15H22N6O.ClH/c1-4-15(5-2,10-16)14(22)17-12-7-6-8-13(9-12)21-11(3)18-19-20-21;/h6-9H,4-5,10,16H2,1-3H3,(H,17,22);1H. The van der Waals surface area contributed by atoms with Gasteiger partial charge in [0.05, 0.1) is 11.1 Å². The minimum absolute atomic E-state index is 0. The van der Waals surface area contributed by atoms with Gasteiger partial charge in [0, 0.05) is 12.2 Å². The van der Waals surface area contributed by atoms with E-state index < -0.39 is 5.41 Å². The Morgan fingerprint density at radius 3 is 2.57 bits per heavy atom. The number of anilines is 1. The third-order valence-electron chi connectivity index (χ3n) is 4.20. The van der Waals surface area contributed by atoms with Crippen LogP contribution in [0.3, 0.4) is 0 Å². The lowest BCUT2D eigenvalue weighted by atomic mass is 9.81. The van der Waals surface area contributed by atoms with Crippen LogP contribution in [0.15, 0.2) is 24.3 Å². The normalized spacial score (nSPS) is 11.0. The molecule has 7 nitrogen and oxygen atoms in total. The number of benzene rings is 1. The Labute approximate surface area is 142 Å². The third-order valence-corrected chi connectivity index (χ3v) is 4.20. The van der Waals surface area contributed by atoms with Crippen molar-refractivity contribution in [2.45, 2.75) is 33.6 Å². The van der Waals surface area contributed by atoms with Crippen molar-refractivity contribution in [1.82, 2.24) is 20.2 Å². The molecule has 0 spiro atoms. The molecule has 0 radical (unpaired) electrons. The van der Waals surface area contributed by atoms with Crippen LogP contribution in [0.2, 0.25) is 0 Å². The van der Waals surface area contributed by atoms with E-state index in [1.807, 2.05) is 45.0 Å². The molecule has 8 heteroatoms. The predicted octanol–water partition coefficient (Wildman–Crippen LogP) is 2.10. The fraction of sp³-hybridized carbons (Fsp3) is 0.467. The van der Waals surface area contributed by atoms with Crippen molar-refractivity contribution >= 4 is 24.0 Å². The highest BCUT2D eigenvalue weighted by molar-refractivity contribution is 5.95. The van der Waals surface area contributed by atoms with Gasteiger partial charge in [-0.25, -0.2) is 0 Å². The van der Waals surface area contributed by atoms with Gasteiger partial charge in [-0.3, -0.25) is 4.79 Å². The maximum absolute atomic E-state index is 12.6. The van der Waals surface area contributed by atoms with Crippen molar-refractivity contribution in [3.05, 3.63) is 30.1 Å². The van der Waals surface area contributed by atoms with Crippen molar-refractivity contribution in [2.75, 3.05) is 11.9 Å². The molecule has 0 aliphatic carbocycles. The number of rotatable bonds is 6. The summed E-state index contributed by atoms with van der Waals surface area (Å²) in [5.41, 5.74) is 6.80. The van der Waals surface area contributed by atoms with Gasteiger partial charge in [0.1, 0.15) is 0 Å². The van der Waals surface area contributed by atoms with E-state index in [1.165, 1.54) is 0 Å². The van der Waals surface area contributed by atoms with Gasteiger partial charge in [0.2, 0.25) is 5.91 Å².